The molecule has 4 heteroatoms. The van der Waals surface area contributed by atoms with E-state index >= 15 is 0 Å². The molecule has 28 heavy (non-hydrogen) atoms. The molecule has 4 rings (SSSR count). The average molecular weight is 391 g/mol. The Morgan fingerprint density at radius 3 is 2.64 bits per heavy atom. The van der Waals surface area contributed by atoms with Crippen molar-refractivity contribution < 1.29 is 4.74 Å². The predicted molar refractivity (Wildman–Crippen MR) is 113 cm³/mol. The molecule has 3 nitrogen and oxygen atoms in total. The van der Waals surface area contributed by atoms with Gasteiger partial charge in [0.15, 0.2) is 0 Å². The predicted octanol–water partition coefficient (Wildman–Crippen LogP) is 5.80. The fraction of sp³-hybridized carbons (Fsp3) is 0.333. The van der Waals surface area contributed by atoms with E-state index in [-0.39, 0.29) is 0 Å². The zero-order chi connectivity index (χ0) is 19.7. The third-order valence-corrected chi connectivity index (χ3v) is 6.03. The van der Waals surface area contributed by atoms with Gasteiger partial charge in [0.25, 0.3) is 0 Å². The summed E-state index contributed by atoms with van der Waals surface area (Å²) in [5.74, 6) is 0.729. The van der Waals surface area contributed by atoms with Gasteiger partial charge in [-0.15, -0.1) is 0 Å². The highest BCUT2D eigenvalue weighted by molar-refractivity contribution is 6.30. The third-order valence-electron chi connectivity index (χ3n) is 5.79. The van der Waals surface area contributed by atoms with E-state index in [2.05, 4.69) is 24.3 Å². The van der Waals surface area contributed by atoms with E-state index in [1.54, 1.807) is 7.11 Å². The summed E-state index contributed by atoms with van der Waals surface area (Å²) in [5, 5.41) is 11.9. The highest BCUT2D eigenvalue weighted by atomic mass is 35.5. The second kappa shape index (κ2) is 7.45. The van der Waals surface area contributed by atoms with Crippen molar-refractivity contribution >= 4 is 22.5 Å². The van der Waals surface area contributed by atoms with Crippen molar-refractivity contribution in [2.75, 3.05) is 7.11 Å². The first-order chi connectivity index (χ1) is 13.5. The second-order valence-electron chi connectivity index (χ2n) is 7.77. The molecule has 1 aromatic heterocycles. The zero-order valence-corrected chi connectivity index (χ0v) is 17.0. The molecular formula is C24H23ClN2O. The third kappa shape index (κ3) is 3.34. The van der Waals surface area contributed by atoms with Crippen LogP contribution >= 0.6 is 11.6 Å². The lowest BCUT2D eigenvalue weighted by molar-refractivity contribution is 0.391. The van der Waals surface area contributed by atoms with Crippen molar-refractivity contribution in [2.24, 2.45) is 0 Å². The number of rotatable bonds is 4. The zero-order valence-electron chi connectivity index (χ0n) is 16.3. The molecular weight excluding hydrogens is 368 g/mol. The number of aromatic nitrogens is 1. The molecule has 1 atom stereocenters. The number of nitriles is 1. The molecule has 2 aromatic carbocycles. The molecule has 3 aromatic rings. The van der Waals surface area contributed by atoms with Crippen LogP contribution in [-0.2, 0) is 24.7 Å². The Labute approximate surface area is 170 Å². The number of hydrogen-bond acceptors (Lipinski definition) is 3. The number of halogens is 1. The SMILES string of the molecule is COc1nc2cc(C(C)(C#N)Cc3cccc(Cl)c3)ccc2c2c1CCCC2. The highest BCUT2D eigenvalue weighted by Crippen LogP contribution is 2.36. The second-order valence-corrected chi connectivity index (χ2v) is 8.20. The van der Waals surface area contributed by atoms with Crippen LogP contribution in [0.5, 0.6) is 5.88 Å². The molecule has 0 spiro atoms. The van der Waals surface area contributed by atoms with Crippen LogP contribution in [0.1, 0.15) is 42.0 Å². The summed E-state index contributed by atoms with van der Waals surface area (Å²) in [6.45, 7) is 1.98. The van der Waals surface area contributed by atoms with Crippen LogP contribution in [0.3, 0.4) is 0 Å². The molecule has 0 bridgehead atoms. The molecule has 0 radical (unpaired) electrons. The van der Waals surface area contributed by atoms with Crippen molar-refractivity contribution in [1.82, 2.24) is 4.98 Å². The van der Waals surface area contributed by atoms with Gasteiger partial charge in [0.1, 0.15) is 0 Å². The first-order valence-corrected chi connectivity index (χ1v) is 10.1. The van der Waals surface area contributed by atoms with Crippen LogP contribution in [-0.4, -0.2) is 12.1 Å². The van der Waals surface area contributed by atoms with Crippen molar-refractivity contribution in [2.45, 2.75) is 44.4 Å². The molecule has 0 N–H and O–H groups in total. The molecule has 1 aliphatic rings. The minimum absolute atomic E-state index is 0.595. The van der Waals surface area contributed by atoms with E-state index in [0.29, 0.717) is 11.4 Å². The number of benzene rings is 2. The van der Waals surface area contributed by atoms with Gasteiger partial charge in [-0.3, -0.25) is 0 Å². The van der Waals surface area contributed by atoms with Crippen molar-refractivity contribution in [3.63, 3.8) is 0 Å². The smallest absolute Gasteiger partial charge is 0.217 e. The Morgan fingerprint density at radius 1 is 1.14 bits per heavy atom. The molecule has 1 aliphatic carbocycles. The molecule has 142 valence electrons. The minimum atomic E-state index is -0.663. The van der Waals surface area contributed by atoms with E-state index in [4.69, 9.17) is 21.3 Å². The summed E-state index contributed by atoms with van der Waals surface area (Å²) in [4.78, 5) is 4.78. The topological polar surface area (TPSA) is 45.9 Å². The Kier molecular flexibility index (Phi) is 5.00. The lowest BCUT2D eigenvalue weighted by Gasteiger charge is -2.24. The number of pyridine rings is 1. The van der Waals surface area contributed by atoms with Gasteiger partial charge in [0.2, 0.25) is 5.88 Å². The number of fused-ring (bicyclic) bond motifs is 3. The van der Waals surface area contributed by atoms with Gasteiger partial charge >= 0.3 is 0 Å². The van der Waals surface area contributed by atoms with Gasteiger partial charge in [0.05, 0.1) is 24.1 Å². The number of methoxy groups -OCH3 is 1. The summed E-state index contributed by atoms with van der Waals surface area (Å²) < 4.78 is 5.59. The fourth-order valence-electron chi connectivity index (χ4n) is 4.27. The quantitative estimate of drug-likeness (QED) is 0.565. The van der Waals surface area contributed by atoms with Crippen LogP contribution in [0.4, 0.5) is 0 Å². The summed E-state index contributed by atoms with van der Waals surface area (Å²) in [6, 6.07) is 16.5. The number of ether oxygens (including phenoxy) is 1. The molecule has 0 saturated heterocycles. The van der Waals surface area contributed by atoms with Crippen molar-refractivity contribution in [3.8, 4) is 11.9 Å². The minimum Gasteiger partial charge on any atom is -0.481 e. The Morgan fingerprint density at radius 2 is 1.93 bits per heavy atom. The van der Waals surface area contributed by atoms with Crippen LogP contribution in [0.2, 0.25) is 5.02 Å². The van der Waals surface area contributed by atoms with Gasteiger partial charge in [-0.25, -0.2) is 4.98 Å². The average Bonchev–Trinajstić information content (AvgIpc) is 2.72. The number of aryl methyl sites for hydroxylation is 1. The molecule has 1 unspecified atom stereocenters. The maximum atomic E-state index is 10.0. The van der Waals surface area contributed by atoms with Crippen molar-refractivity contribution in [3.05, 3.63) is 69.7 Å². The van der Waals surface area contributed by atoms with Gasteiger partial charge in [-0.05, 0) is 73.9 Å². The first kappa shape index (κ1) is 18.8. The first-order valence-electron chi connectivity index (χ1n) is 9.70. The molecule has 0 fully saturated rings. The summed E-state index contributed by atoms with van der Waals surface area (Å²) in [5.41, 5.74) is 4.86. The van der Waals surface area contributed by atoms with E-state index in [1.165, 1.54) is 29.4 Å². The molecule has 0 saturated carbocycles. The molecule has 1 heterocycles. The fourth-order valence-corrected chi connectivity index (χ4v) is 4.48. The van der Waals surface area contributed by atoms with Crippen molar-refractivity contribution in [1.29, 1.82) is 5.26 Å². The van der Waals surface area contributed by atoms with Gasteiger partial charge in [-0.1, -0.05) is 35.9 Å². The van der Waals surface area contributed by atoms with Crippen LogP contribution < -0.4 is 4.74 Å². The maximum absolute atomic E-state index is 10.0. The van der Waals surface area contributed by atoms with E-state index in [9.17, 15) is 5.26 Å². The van der Waals surface area contributed by atoms with Crippen LogP contribution in [0.15, 0.2) is 42.5 Å². The Balaban J connectivity index is 1.80. The maximum Gasteiger partial charge on any atom is 0.217 e. The van der Waals surface area contributed by atoms with E-state index in [1.807, 2.05) is 31.2 Å². The largest absolute Gasteiger partial charge is 0.481 e. The van der Waals surface area contributed by atoms with Crippen LogP contribution in [0, 0.1) is 11.3 Å². The Hall–Kier alpha value is -2.57. The summed E-state index contributed by atoms with van der Waals surface area (Å²) in [6.07, 6.45) is 5.05. The van der Waals surface area contributed by atoms with Gasteiger partial charge in [-0.2, -0.15) is 5.26 Å². The highest BCUT2D eigenvalue weighted by Gasteiger charge is 2.28. The molecule has 0 aliphatic heterocycles. The standard InChI is InChI=1S/C24H23ClN2O/c1-24(15-26,14-16-6-5-7-18(25)12-16)17-10-11-20-19-8-3-4-9-21(19)23(28-2)27-22(20)13-17/h5-7,10-13H,3-4,8-9,14H2,1-2H3. The van der Waals surface area contributed by atoms with E-state index < -0.39 is 5.41 Å². The lowest BCUT2D eigenvalue weighted by Crippen LogP contribution is -2.23. The van der Waals surface area contributed by atoms with Crippen LogP contribution in [0.25, 0.3) is 10.9 Å². The summed E-state index contributed by atoms with van der Waals surface area (Å²) >= 11 is 6.14. The monoisotopic (exact) mass is 390 g/mol. The summed E-state index contributed by atoms with van der Waals surface area (Å²) in [7, 11) is 1.69. The van der Waals surface area contributed by atoms with E-state index in [0.717, 1.165) is 35.4 Å². The number of hydrogen-bond donors (Lipinski definition) is 0. The van der Waals surface area contributed by atoms with Gasteiger partial charge < -0.3 is 4.74 Å². The van der Waals surface area contributed by atoms with Gasteiger partial charge in [0, 0.05) is 16.0 Å². The molecule has 0 amide bonds. The number of nitrogens with zero attached hydrogens (tertiary/aromatic N) is 2. The lowest BCUT2D eigenvalue weighted by atomic mass is 9.78. The normalized spacial score (nSPS) is 15.5. The Bertz CT molecular complexity index is 1090.